The Morgan fingerprint density at radius 3 is 2.27 bits per heavy atom. The van der Waals surface area contributed by atoms with Gasteiger partial charge in [-0.1, -0.05) is 56.2 Å². The standard InChI is InChI=1S/C20H33NO5/c1-2-3-4-5-6-7-8-9-12-15-18(21(25)26)19(22)16-13-10-11-14-17-20(23)24/h6-7,9-10,12-13,18-19,22H,2-5,8,11,14-17H2,1H3,(H,23,24)/b7-6-,12-9-,13-10-. The van der Waals surface area contributed by atoms with Crippen LogP contribution < -0.4 is 0 Å². The van der Waals surface area contributed by atoms with Crippen molar-refractivity contribution >= 4 is 5.97 Å². The van der Waals surface area contributed by atoms with Gasteiger partial charge < -0.3 is 10.2 Å². The quantitative estimate of drug-likeness (QED) is 0.179. The highest BCUT2D eigenvalue weighted by Crippen LogP contribution is 2.10. The van der Waals surface area contributed by atoms with E-state index in [9.17, 15) is 20.0 Å². The molecule has 0 bridgehead atoms. The predicted octanol–water partition coefficient (Wildman–Crippen LogP) is 4.67. The van der Waals surface area contributed by atoms with Crippen molar-refractivity contribution in [3.05, 3.63) is 46.6 Å². The van der Waals surface area contributed by atoms with Crippen LogP contribution in [0.5, 0.6) is 0 Å². The third-order valence-corrected chi connectivity index (χ3v) is 3.98. The first-order valence-corrected chi connectivity index (χ1v) is 9.47. The summed E-state index contributed by atoms with van der Waals surface area (Å²) in [7, 11) is 0. The van der Waals surface area contributed by atoms with Gasteiger partial charge in [-0.2, -0.15) is 0 Å². The number of aliphatic carboxylic acids is 1. The van der Waals surface area contributed by atoms with E-state index in [0.29, 0.717) is 12.8 Å². The van der Waals surface area contributed by atoms with E-state index in [2.05, 4.69) is 19.1 Å². The van der Waals surface area contributed by atoms with Gasteiger partial charge in [0.2, 0.25) is 6.04 Å². The lowest BCUT2D eigenvalue weighted by Crippen LogP contribution is -2.32. The number of carboxylic acids is 1. The molecule has 0 amide bonds. The monoisotopic (exact) mass is 367 g/mol. The molecule has 0 aliphatic heterocycles. The molecule has 0 aliphatic carbocycles. The van der Waals surface area contributed by atoms with Gasteiger partial charge in [0.25, 0.3) is 0 Å². The molecule has 0 fully saturated rings. The number of carboxylic acid groups (broad SMARTS) is 1. The fourth-order valence-electron chi connectivity index (χ4n) is 2.40. The molecule has 0 aromatic heterocycles. The third-order valence-electron chi connectivity index (χ3n) is 3.98. The van der Waals surface area contributed by atoms with E-state index < -0.39 is 23.0 Å². The van der Waals surface area contributed by atoms with Crippen molar-refractivity contribution in [1.82, 2.24) is 0 Å². The Bertz CT molecular complexity index is 471. The summed E-state index contributed by atoms with van der Waals surface area (Å²) >= 11 is 0. The van der Waals surface area contributed by atoms with E-state index in [1.54, 1.807) is 18.2 Å². The first-order chi connectivity index (χ1) is 12.5. The summed E-state index contributed by atoms with van der Waals surface area (Å²) in [6.45, 7) is 2.17. The van der Waals surface area contributed by atoms with Gasteiger partial charge in [-0.05, 0) is 38.5 Å². The normalized spacial score (nSPS) is 14.4. The maximum atomic E-state index is 11.1. The zero-order chi connectivity index (χ0) is 19.6. The zero-order valence-corrected chi connectivity index (χ0v) is 15.8. The number of aliphatic hydroxyl groups is 1. The number of carbonyl (C=O) groups is 1. The average Bonchev–Trinajstić information content (AvgIpc) is 2.59. The van der Waals surface area contributed by atoms with Gasteiger partial charge in [-0.25, -0.2) is 0 Å². The van der Waals surface area contributed by atoms with Gasteiger partial charge in [0.15, 0.2) is 0 Å². The second-order valence-corrected chi connectivity index (χ2v) is 6.32. The predicted molar refractivity (Wildman–Crippen MR) is 104 cm³/mol. The first-order valence-electron chi connectivity index (χ1n) is 9.47. The summed E-state index contributed by atoms with van der Waals surface area (Å²) in [5, 5.41) is 29.7. The van der Waals surface area contributed by atoms with Crippen molar-refractivity contribution in [1.29, 1.82) is 0 Å². The van der Waals surface area contributed by atoms with Crippen LogP contribution in [0.25, 0.3) is 0 Å². The molecule has 0 radical (unpaired) electrons. The van der Waals surface area contributed by atoms with Crippen molar-refractivity contribution in [3.8, 4) is 0 Å². The van der Waals surface area contributed by atoms with Crippen molar-refractivity contribution in [2.75, 3.05) is 0 Å². The first kappa shape index (κ1) is 24.1. The minimum atomic E-state index is -1.05. The lowest BCUT2D eigenvalue weighted by molar-refractivity contribution is -0.533. The Morgan fingerprint density at radius 1 is 1.00 bits per heavy atom. The van der Waals surface area contributed by atoms with Crippen LogP contribution in [0, 0.1) is 10.1 Å². The number of rotatable bonds is 16. The second-order valence-electron chi connectivity index (χ2n) is 6.32. The molecular weight excluding hydrogens is 334 g/mol. The second kappa shape index (κ2) is 16.5. The van der Waals surface area contributed by atoms with Gasteiger partial charge in [0.05, 0.1) is 0 Å². The minimum absolute atomic E-state index is 0.0995. The van der Waals surface area contributed by atoms with Gasteiger partial charge in [0, 0.05) is 17.8 Å². The number of unbranched alkanes of at least 4 members (excludes halogenated alkanes) is 4. The van der Waals surface area contributed by atoms with Crippen LogP contribution in [-0.2, 0) is 4.79 Å². The number of allylic oxidation sites excluding steroid dienone is 4. The fraction of sp³-hybridized carbons (Fsp3) is 0.650. The van der Waals surface area contributed by atoms with Crippen LogP contribution in [0.3, 0.4) is 0 Å². The van der Waals surface area contributed by atoms with Crippen LogP contribution in [0.1, 0.15) is 71.1 Å². The maximum Gasteiger partial charge on any atom is 0.303 e. The summed E-state index contributed by atoms with van der Waals surface area (Å²) in [6.07, 6.45) is 17.3. The topological polar surface area (TPSA) is 101 Å². The highest BCUT2D eigenvalue weighted by atomic mass is 16.6. The lowest BCUT2D eigenvalue weighted by atomic mass is 10.0. The highest BCUT2D eigenvalue weighted by Gasteiger charge is 2.27. The molecule has 0 aromatic carbocycles. The van der Waals surface area contributed by atoms with E-state index in [0.717, 1.165) is 12.8 Å². The molecule has 0 saturated heterocycles. The fourth-order valence-corrected chi connectivity index (χ4v) is 2.40. The van der Waals surface area contributed by atoms with Crippen molar-refractivity contribution in [2.24, 2.45) is 0 Å². The van der Waals surface area contributed by atoms with Crippen molar-refractivity contribution < 1.29 is 19.9 Å². The van der Waals surface area contributed by atoms with Crippen LogP contribution in [-0.4, -0.2) is 33.3 Å². The summed E-state index contributed by atoms with van der Waals surface area (Å²) in [5.41, 5.74) is 0. The van der Waals surface area contributed by atoms with Gasteiger partial charge in [-0.3, -0.25) is 14.9 Å². The van der Waals surface area contributed by atoms with Gasteiger partial charge in [-0.15, -0.1) is 0 Å². The maximum absolute atomic E-state index is 11.1. The zero-order valence-electron chi connectivity index (χ0n) is 15.8. The van der Waals surface area contributed by atoms with Crippen LogP contribution in [0.4, 0.5) is 0 Å². The van der Waals surface area contributed by atoms with Crippen molar-refractivity contribution in [2.45, 2.75) is 83.3 Å². The van der Waals surface area contributed by atoms with Crippen LogP contribution >= 0.6 is 0 Å². The summed E-state index contributed by atoms with van der Waals surface area (Å²) in [5.74, 6) is -0.838. The summed E-state index contributed by atoms with van der Waals surface area (Å²) in [4.78, 5) is 21.1. The molecule has 6 heteroatoms. The molecule has 2 N–H and O–H groups in total. The van der Waals surface area contributed by atoms with E-state index in [4.69, 9.17) is 5.11 Å². The molecular formula is C20H33NO5. The highest BCUT2D eigenvalue weighted by molar-refractivity contribution is 5.66. The number of hydrogen-bond donors (Lipinski definition) is 2. The Labute approximate surface area is 156 Å². The molecule has 26 heavy (non-hydrogen) atoms. The molecule has 148 valence electrons. The molecule has 0 heterocycles. The Kier molecular flexibility index (Phi) is 15.3. The third kappa shape index (κ3) is 14.4. The molecule has 6 nitrogen and oxygen atoms in total. The van der Waals surface area contributed by atoms with Crippen molar-refractivity contribution in [3.63, 3.8) is 0 Å². The summed E-state index contributed by atoms with van der Waals surface area (Å²) in [6, 6.07) is -1.02. The molecule has 0 spiro atoms. The SMILES string of the molecule is CCCCC/C=C\C/C=C\CC(C(O)C/C=C\CCCC(=O)O)[N+](=O)[O-]. The van der Waals surface area contributed by atoms with E-state index in [1.165, 1.54) is 19.3 Å². The number of nitro groups is 1. The molecule has 2 atom stereocenters. The Hall–Kier alpha value is -1.95. The summed E-state index contributed by atoms with van der Waals surface area (Å²) < 4.78 is 0. The Balaban J connectivity index is 4.10. The van der Waals surface area contributed by atoms with Gasteiger partial charge in [0.1, 0.15) is 6.10 Å². The van der Waals surface area contributed by atoms with E-state index >= 15 is 0 Å². The molecule has 0 aromatic rings. The number of hydrogen-bond acceptors (Lipinski definition) is 4. The van der Waals surface area contributed by atoms with Gasteiger partial charge >= 0.3 is 5.97 Å². The molecule has 2 unspecified atom stereocenters. The largest absolute Gasteiger partial charge is 0.481 e. The molecule has 0 aliphatic rings. The Morgan fingerprint density at radius 2 is 1.62 bits per heavy atom. The molecule has 0 rings (SSSR count). The van der Waals surface area contributed by atoms with Crippen LogP contribution in [0.15, 0.2) is 36.5 Å². The average molecular weight is 367 g/mol. The van der Waals surface area contributed by atoms with E-state index in [-0.39, 0.29) is 19.3 Å². The molecule has 0 saturated carbocycles. The lowest BCUT2D eigenvalue weighted by Gasteiger charge is -2.12. The van der Waals surface area contributed by atoms with E-state index in [1.807, 2.05) is 6.08 Å². The smallest absolute Gasteiger partial charge is 0.303 e. The minimum Gasteiger partial charge on any atom is -0.481 e. The van der Waals surface area contributed by atoms with Crippen LogP contribution in [0.2, 0.25) is 0 Å². The number of nitrogens with zero attached hydrogens (tertiary/aromatic N) is 1. The number of aliphatic hydroxyl groups excluding tert-OH is 1.